The number of amides is 3. The van der Waals surface area contributed by atoms with Gasteiger partial charge in [0.25, 0.3) is 0 Å². The summed E-state index contributed by atoms with van der Waals surface area (Å²) in [5.74, 6) is 0.419. The van der Waals surface area contributed by atoms with Gasteiger partial charge in [-0.25, -0.2) is 4.79 Å². The van der Waals surface area contributed by atoms with Crippen LogP contribution in [0.15, 0.2) is 0 Å². The van der Waals surface area contributed by atoms with E-state index in [0.29, 0.717) is 12.0 Å². The number of hydrogen-bond donors (Lipinski definition) is 3. The molecule has 3 amide bonds. The Morgan fingerprint density at radius 3 is 2.83 bits per heavy atom. The number of nitrogens with zero attached hydrogens (tertiary/aromatic N) is 1. The maximum Gasteiger partial charge on any atom is 0.321 e. The number of likely N-dealkylation sites (tertiary alicyclic amines) is 1. The molecule has 3 N–H and O–H groups in total. The number of piperidine rings is 1. The maximum atomic E-state index is 11.9. The molecular formula is C12H22N4O2. The topological polar surface area (TPSA) is 73.5 Å². The van der Waals surface area contributed by atoms with Crippen LogP contribution in [0.2, 0.25) is 0 Å². The molecule has 0 aromatic rings. The third-order valence-electron chi connectivity index (χ3n) is 4.02. The molecule has 0 spiro atoms. The van der Waals surface area contributed by atoms with E-state index in [1.54, 1.807) is 0 Å². The van der Waals surface area contributed by atoms with Crippen LogP contribution in [0.25, 0.3) is 0 Å². The van der Waals surface area contributed by atoms with Gasteiger partial charge in [0.05, 0.1) is 6.04 Å². The first kappa shape index (κ1) is 13.3. The second-order valence-corrected chi connectivity index (χ2v) is 5.16. The van der Waals surface area contributed by atoms with Gasteiger partial charge in [-0.2, -0.15) is 0 Å². The third kappa shape index (κ3) is 2.81. The highest BCUT2D eigenvalue weighted by molar-refractivity contribution is 5.96. The molecule has 0 radical (unpaired) electrons. The molecule has 2 fully saturated rings. The highest BCUT2D eigenvalue weighted by atomic mass is 16.2. The molecule has 2 heterocycles. The first-order valence-electron chi connectivity index (χ1n) is 6.62. The summed E-state index contributed by atoms with van der Waals surface area (Å²) in [7, 11) is 1.50. The third-order valence-corrected chi connectivity index (χ3v) is 4.02. The predicted molar refractivity (Wildman–Crippen MR) is 68.1 cm³/mol. The largest absolute Gasteiger partial charge is 0.341 e. The van der Waals surface area contributed by atoms with E-state index in [1.165, 1.54) is 19.9 Å². The summed E-state index contributed by atoms with van der Waals surface area (Å²) >= 11 is 0. The molecule has 3 atom stereocenters. The lowest BCUT2D eigenvalue weighted by molar-refractivity contribution is -0.124. The van der Waals surface area contributed by atoms with Gasteiger partial charge < -0.3 is 10.6 Å². The van der Waals surface area contributed by atoms with Crippen molar-refractivity contribution in [3.63, 3.8) is 0 Å². The fourth-order valence-electron chi connectivity index (χ4n) is 2.84. The first-order valence-corrected chi connectivity index (χ1v) is 6.62. The van der Waals surface area contributed by atoms with E-state index in [1.807, 2.05) is 6.92 Å². The number of rotatable bonds is 2. The number of hydrogen-bond acceptors (Lipinski definition) is 4. The van der Waals surface area contributed by atoms with E-state index < -0.39 is 6.03 Å². The van der Waals surface area contributed by atoms with Crippen molar-refractivity contribution in [1.29, 1.82) is 0 Å². The Balaban J connectivity index is 1.88. The molecular weight excluding hydrogens is 232 g/mol. The van der Waals surface area contributed by atoms with Crippen LogP contribution in [0.1, 0.15) is 19.8 Å². The number of carbonyl (C=O) groups excluding carboxylic acids is 2. The van der Waals surface area contributed by atoms with Crippen LogP contribution < -0.4 is 16.0 Å². The van der Waals surface area contributed by atoms with Crippen molar-refractivity contribution in [1.82, 2.24) is 20.9 Å². The molecule has 0 saturated carbocycles. The number of nitrogens with one attached hydrogen (secondary N) is 3. The lowest BCUT2D eigenvalue weighted by Crippen LogP contribution is -2.49. The Bertz CT molecular complexity index is 320. The summed E-state index contributed by atoms with van der Waals surface area (Å²) in [6.45, 7) is 4.77. The van der Waals surface area contributed by atoms with Gasteiger partial charge in [0.2, 0.25) is 5.91 Å². The van der Waals surface area contributed by atoms with E-state index in [2.05, 4.69) is 20.9 Å². The standard InChI is InChI=1S/C12H22N4O2/c1-8(11(17)15-12(18)13-2)16-6-9-4-3-5-14-10(9)7-16/h8-10,14H,3-7H2,1-2H3,(H2,13,15,17,18). The minimum absolute atomic E-state index is 0.229. The average Bonchev–Trinajstić information content (AvgIpc) is 2.81. The van der Waals surface area contributed by atoms with Gasteiger partial charge in [0.15, 0.2) is 0 Å². The lowest BCUT2D eigenvalue weighted by atomic mass is 9.94. The summed E-state index contributed by atoms with van der Waals surface area (Å²) in [6, 6.07) is -0.190. The maximum absolute atomic E-state index is 11.9. The Morgan fingerprint density at radius 2 is 2.17 bits per heavy atom. The number of imide groups is 1. The van der Waals surface area contributed by atoms with Crippen molar-refractivity contribution in [3.8, 4) is 0 Å². The molecule has 3 unspecified atom stereocenters. The van der Waals surface area contributed by atoms with E-state index >= 15 is 0 Å². The molecule has 2 aliphatic heterocycles. The summed E-state index contributed by atoms with van der Waals surface area (Å²) < 4.78 is 0. The second-order valence-electron chi connectivity index (χ2n) is 5.16. The number of carbonyl (C=O) groups is 2. The zero-order valence-electron chi connectivity index (χ0n) is 11.0. The van der Waals surface area contributed by atoms with Crippen LogP contribution in [0.3, 0.4) is 0 Å². The summed E-state index contributed by atoms with van der Waals surface area (Å²) in [5, 5.41) is 8.23. The first-order chi connectivity index (χ1) is 8.61. The van der Waals surface area contributed by atoms with Crippen LogP contribution in [0, 0.1) is 5.92 Å². The second kappa shape index (κ2) is 5.67. The minimum atomic E-state index is -0.443. The number of urea groups is 1. The molecule has 6 heteroatoms. The van der Waals surface area contributed by atoms with Gasteiger partial charge in [-0.15, -0.1) is 0 Å². The molecule has 2 saturated heterocycles. The summed E-state index contributed by atoms with van der Waals surface area (Å²) in [5.41, 5.74) is 0. The van der Waals surface area contributed by atoms with Crippen LogP contribution in [-0.2, 0) is 4.79 Å². The Kier molecular flexibility index (Phi) is 4.19. The van der Waals surface area contributed by atoms with Crippen LogP contribution in [0.4, 0.5) is 4.79 Å². The van der Waals surface area contributed by atoms with Crippen LogP contribution in [0.5, 0.6) is 0 Å². The van der Waals surface area contributed by atoms with Gasteiger partial charge in [0.1, 0.15) is 0 Å². The van der Waals surface area contributed by atoms with Crippen LogP contribution in [-0.4, -0.2) is 55.6 Å². The monoisotopic (exact) mass is 254 g/mol. The number of fused-ring (bicyclic) bond motifs is 1. The van der Waals surface area contributed by atoms with Gasteiger partial charge in [0, 0.05) is 26.2 Å². The van der Waals surface area contributed by atoms with Crippen molar-refractivity contribution < 1.29 is 9.59 Å². The molecule has 18 heavy (non-hydrogen) atoms. The molecule has 2 rings (SSSR count). The van der Waals surface area contributed by atoms with E-state index in [9.17, 15) is 9.59 Å². The molecule has 6 nitrogen and oxygen atoms in total. The van der Waals surface area contributed by atoms with Crippen molar-refractivity contribution in [3.05, 3.63) is 0 Å². The van der Waals surface area contributed by atoms with Crippen molar-refractivity contribution in [2.24, 2.45) is 5.92 Å². The molecule has 0 aromatic heterocycles. The SMILES string of the molecule is CNC(=O)NC(=O)C(C)N1CC2CCCNC2C1. The molecule has 0 aliphatic carbocycles. The van der Waals surface area contributed by atoms with Gasteiger partial charge in [-0.05, 0) is 32.2 Å². The highest BCUT2D eigenvalue weighted by Gasteiger charge is 2.37. The zero-order valence-corrected chi connectivity index (χ0v) is 11.0. The van der Waals surface area contributed by atoms with Gasteiger partial charge >= 0.3 is 6.03 Å². The normalized spacial score (nSPS) is 29.4. The average molecular weight is 254 g/mol. The Hall–Kier alpha value is -1.14. The summed E-state index contributed by atoms with van der Waals surface area (Å²) in [4.78, 5) is 25.1. The van der Waals surface area contributed by atoms with E-state index in [0.717, 1.165) is 19.6 Å². The predicted octanol–water partition coefficient (Wildman–Crippen LogP) is -0.486. The fourth-order valence-corrected chi connectivity index (χ4v) is 2.84. The van der Waals surface area contributed by atoms with Gasteiger partial charge in [-0.3, -0.25) is 15.0 Å². The highest BCUT2D eigenvalue weighted by Crippen LogP contribution is 2.26. The molecule has 0 bridgehead atoms. The molecule has 102 valence electrons. The van der Waals surface area contributed by atoms with E-state index in [-0.39, 0.29) is 11.9 Å². The molecule has 2 aliphatic rings. The lowest BCUT2D eigenvalue weighted by Gasteiger charge is -2.24. The van der Waals surface area contributed by atoms with Crippen molar-refractivity contribution in [2.75, 3.05) is 26.7 Å². The minimum Gasteiger partial charge on any atom is -0.341 e. The van der Waals surface area contributed by atoms with Crippen LogP contribution >= 0.6 is 0 Å². The van der Waals surface area contributed by atoms with Gasteiger partial charge in [-0.1, -0.05) is 0 Å². The zero-order chi connectivity index (χ0) is 13.1. The van der Waals surface area contributed by atoms with Crippen molar-refractivity contribution >= 4 is 11.9 Å². The smallest absolute Gasteiger partial charge is 0.321 e. The molecule has 0 aromatic carbocycles. The quantitative estimate of drug-likeness (QED) is 0.622. The fraction of sp³-hybridized carbons (Fsp3) is 0.833. The van der Waals surface area contributed by atoms with Crippen molar-refractivity contribution in [2.45, 2.75) is 31.8 Å². The summed E-state index contributed by atoms with van der Waals surface area (Å²) in [6.07, 6.45) is 2.45. The van der Waals surface area contributed by atoms with E-state index in [4.69, 9.17) is 0 Å². The Morgan fingerprint density at radius 1 is 1.39 bits per heavy atom. The Labute approximate surface area is 107 Å².